The molecule has 1 aromatic heterocycles. The Hall–Kier alpha value is -1.68. The molecule has 0 saturated heterocycles. The molecule has 4 nitrogen and oxygen atoms in total. The minimum Gasteiger partial charge on any atom is -0.385 e. The zero-order valence-electron chi connectivity index (χ0n) is 9.58. The van der Waals surface area contributed by atoms with Gasteiger partial charge in [-0.15, -0.1) is 0 Å². The Labute approximate surface area is 99.9 Å². The highest BCUT2D eigenvalue weighted by atomic mass is 16.3. The van der Waals surface area contributed by atoms with Crippen LogP contribution in [0.2, 0.25) is 0 Å². The van der Waals surface area contributed by atoms with Crippen molar-refractivity contribution < 1.29 is 5.11 Å². The average Bonchev–Trinajstić information content (AvgIpc) is 2.74. The molecule has 1 aromatic carbocycles. The van der Waals surface area contributed by atoms with Gasteiger partial charge in [-0.3, -0.25) is 0 Å². The smallest absolute Gasteiger partial charge is 0.156 e. The highest BCUT2D eigenvalue weighted by Gasteiger charge is 2.21. The van der Waals surface area contributed by atoms with Crippen molar-refractivity contribution in [1.29, 1.82) is 0 Å². The summed E-state index contributed by atoms with van der Waals surface area (Å²) in [5.74, 6) is 1.52. The fourth-order valence-electron chi connectivity index (χ4n) is 2.23. The SMILES string of the molecule is OC1CCCn2nc(Cc3ccccc3)nc21. The van der Waals surface area contributed by atoms with E-state index in [0.717, 1.165) is 37.5 Å². The highest BCUT2D eigenvalue weighted by molar-refractivity contribution is 5.19. The third-order valence-electron chi connectivity index (χ3n) is 3.09. The van der Waals surface area contributed by atoms with Crippen molar-refractivity contribution in [2.45, 2.75) is 31.9 Å². The van der Waals surface area contributed by atoms with Crippen LogP contribution in [-0.2, 0) is 13.0 Å². The van der Waals surface area contributed by atoms with Crippen molar-refractivity contribution in [1.82, 2.24) is 14.8 Å². The van der Waals surface area contributed by atoms with Gasteiger partial charge in [0.15, 0.2) is 11.6 Å². The maximum absolute atomic E-state index is 9.82. The van der Waals surface area contributed by atoms with Crippen molar-refractivity contribution in [3.05, 3.63) is 47.5 Å². The zero-order chi connectivity index (χ0) is 11.7. The molecule has 0 radical (unpaired) electrons. The lowest BCUT2D eigenvalue weighted by Gasteiger charge is -2.16. The number of hydrogen-bond acceptors (Lipinski definition) is 3. The predicted octanol–water partition coefficient (Wildman–Crippen LogP) is 1.70. The normalized spacial score (nSPS) is 19.0. The molecule has 2 heterocycles. The fraction of sp³-hybridized carbons (Fsp3) is 0.385. The summed E-state index contributed by atoms with van der Waals surface area (Å²) in [4.78, 5) is 4.43. The Morgan fingerprint density at radius 2 is 2.12 bits per heavy atom. The average molecular weight is 229 g/mol. The van der Waals surface area contributed by atoms with E-state index < -0.39 is 6.10 Å². The second kappa shape index (κ2) is 4.30. The molecule has 0 amide bonds. The third-order valence-corrected chi connectivity index (χ3v) is 3.09. The van der Waals surface area contributed by atoms with E-state index in [1.807, 2.05) is 22.9 Å². The largest absolute Gasteiger partial charge is 0.385 e. The van der Waals surface area contributed by atoms with Crippen LogP contribution < -0.4 is 0 Å². The van der Waals surface area contributed by atoms with Gasteiger partial charge in [-0.05, 0) is 18.4 Å². The molecule has 3 rings (SSSR count). The van der Waals surface area contributed by atoms with Crippen LogP contribution in [0, 0.1) is 0 Å². The van der Waals surface area contributed by atoms with E-state index in [0.29, 0.717) is 0 Å². The Morgan fingerprint density at radius 3 is 2.88 bits per heavy atom. The van der Waals surface area contributed by atoms with Gasteiger partial charge < -0.3 is 5.11 Å². The third kappa shape index (κ3) is 2.08. The van der Waals surface area contributed by atoms with E-state index in [1.165, 1.54) is 5.56 Å². The second-order valence-electron chi connectivity index (χ2n) is 4.43. The molecule has 1 atom stereocenters. The molecular weight excluding hydrogens is 214 g/mol. The van der Waals surface area contributed by atoms with Crippen LogP contribution in [0.5, 0.6) is 0 Å². The molecule has 1 aliphatic heterocycles. The Morgan fingerprint density at radius 1 is 1.29 bits per heavy atom. The number of aliphatic hydroxyl groups excluding tert-OH is 1. The number of rotatable bonds is 2. The molecule has 0 bridgehead atoms. The predicted molar refractivity (Wildman–Crippen MR) is 63.5 cm³/mol. The van der Waals surface area contributed by atoms with Crippen molar-refractivity contribution in [3.8, 4) is 0 Å². The van der Waals surface area contributed by atoms with Gasteiger partial charge in [0.25, 0.3) is 0 Å². The molecule has 88 valence electrons. The molecule has 2 aromatic rings. The first kappa shape index (κ1) is 10.5. The second-order valence-corrected chi connectivity index (χ2v) is 4.43. The first-order chi connectivity index (χ1) is 8.33. The molecule has 1 aliphatic rings. The summed E-state index contributed by atoms with van der Waals surface area (Å²) >= 11 is 0. The molecule has 17 heavy (non-hydrogen) atoms. The van der Waals surface area contributed by atoms with Gasteiger partial charge in [0.05, 0.1) is 0 Å². The van der Waals surface area contributed by atoms with Crippen LogP contribution in [-0.4, -0.2) is 19.9 Å². The molecule has 1 N–H and O–H groups in total. The summed E-state index contributed by atoms with van der Waals surface area (Å²) in [6.45, 7) is 0.869. The van der Waals surface area contributed by atoms with E-state index >= 15 is 0 Å². The first-order valence-corrected chi connectivity index (χ1v) is 5.98. The summed E-state index contributed by atoms with van der Waals surface area (Å²) in [7, 11) is 0. The van der Waals surface area contributed by atoms with Crippen LogP contribution in [0.1, 0.15) is 36.2 Å². The van der Waals surface area contributed by atoms with Crippen LogP contribution >= 0.6 is 0 Å². The van der Waals surface area contributed by atoms with Gasteiger partial charge in [0.1, 0.15) is 6.10 Å². The van der Waals surface area contributed by atoms with Crippen molar-refractivity contribution in [2.24, 2.45) is 0 Å². The first-order valence-electron chi connectivity index (χ1n) is 5.98. The molecule has 0 saturated carbocycles. The quantitative estimate of drug-likeness (QED) is 0.852. The van der Waals surface area contributed by atoms with Crippen molar-refractivity contribution >= 4 is 0 Å². The lowest BCUT2D eigenvalue weighted by molar-refractivity contribution is 0.130. The maximum atomic E-state index is 9.82. The van der Waals surface area contributed by atoms with Gasteiger partial charge in [0.2, 0.25) is 0 Å². The van der Waals surface area contributed by atoms with Gasteiger partial charge in [-0.1, -0.05) is 30.3 Å². The number of hydrogen-bond donors (Lipinski definition) is 1. The number of nitrogens with zero attached hydrogens (tertiary/aromatic N) is 3. The van der Waals surface area contributed by atoms with Gasteiger partial charge in [-0.25, -0.2) is 9.67 Å². The summed E-state index contributed by atoms with van der Waals surface area (Å²) in [6, 6.07) is 10.2. The van der Waals surface area contributed by atoms with Gasteiger partial charge in [0, 0.05) is 13.0 Å². The van der Waals surface area contributed by atoms with Crippen LogP contribution in [0.15, 0.2) is 30.3 Å². The summed E-state index contributed by atoms with van der Waals surface area (Å²) < 4.78 is 1.84. The number of aromatic nitrogens is 3. The van der Waals surface area contributed by atoms with Crippen molar-refractivity contribution in [2.75, 3.05) is 0 Å². The summed E-state index contributed by atoms with van der Waals surface area (Å²) in [6.07, 6.45) is 2.06. The molecule has 4 heteroatoms. The topological polar surface area (TPSA) is 50.9 Å². The molecule has 1 unspecified atom stereocenters. The van der Waals surface area contributed by atoms with Crippen LogP contribution in [0.4, 0.5) is 0 Å². The monoisotopic (exact) mass is 229 g/mol. The number of benzene rings is 1. The minimum absolute atomic E-state index is 0.444. The fourth-order valence-corrected chi connectivity index (χ4v) is 2.23. The van der Waals surface area contributed by atoms with Gasteiger partial charge >= 0.3 is 0 Å². The highest BCUT2D eigenvalue weighted by Crippen LogP contribution is 2.22. The van der Waals surface area contributed by atoms with Crippen LogP contribution in [0.3, 0.4) is 0 Å². The number of fused-ring (bicyclic) bond motifs is 1. The Balaban J connectivity index is 1.85. The van der Waals surface area contributed by atoms with E-state index in [2.05, 4.69) is 22.2 Å². The standard InChI is InChI=1S/C13H15N3O/c17-11-7-4-8-16-13(11)14-12(15-16)9-10-5-2-1-3-6-10/h1-3,5-6,11,17H,4,7-9H2. The summed E-state index contributed by atoms with van der Waals surface area (Å²) in [5, 5.41) is 14.3. The van der Waals surface area contributed by atoms with Gasteiger partial charge in [-0.2, -0.15) is 5.10 Å². The molecular formula is C13H15N3O. The van der Waals surface area contributed by atoms with Crippen molar-refractivity contribution in [3.63, 3.8) is 0 Å². The van der Waals surface area contributed by atoms with E-state index in [4.69, 9.17) is 0 Å². The van der Waals surface area contributed by atoms with E-state index in [-0.39, 0.29) is 0 Å². The molecule has 0 aliphatic carbocycles. The Kier molecular flexibility index (Phi) is 2.65. The Bertz CT molecular complexity index is 507. The number of aryl methyl sites for hydroxylation is 1. The lowest BCUT2D eigenvalue weighted by Crippen LogP contribution is -2.16. The van der Waals surface area contributed by atoms with E-state index in [9.17, 15) is 5.11 Å². The lowest BCUT2D eigenvalue weighted by atomic mass is 10.1. The summed E-state index contributed by atoms with van der Waals surface area (Å²) in [5.41, 5.74) is 1.20. The van der Waals surface area contributed by atoms with Crippen LogP contribution in [0.25, 0.3) is 0 Å². The molecule has 0 spiro atoms. The minimum atomic E-state index is -0.444. The molecule has 0 fully saturated rings. The zero-order valence-corrected chi connectivity index (χ0v) is 9.58. The maximum Gasteiger partial charge on any atom is 0.156 e. The van der Waals surface area contributed by atoms with E-state index in [1.54, 1.807) is 0 Å². The number of aliphatic hydroxyl groups is 1.